The highest BCUT2D eigenvalue weighted by atomic mass is 79.9. The van der Waals surface area contributed by atoms with Crippen LogP contribution >= 0.6 is 15.9 Å². The van der Waals surface area contributed by atoms with Gasteiger partial charge in [0.1, 0.15) is 5.75 Å². The summed E-state index contributed by atoms with van der Waals surface area (Å²) >= 11 is 3.43. The maximum absolute atomic E-state index is 10.4. The van der Waals surface area contributed by atoms with E-state index in [0.717, 1.165) is 15.6 Å². The Morgan fingerprint density at radius 1 is 1.16 bits per heavy atom. The summed E-state index contributed by atoms with van der Waals surface area (Å²) in [5.74, 6) is 0.692. The molecule has 0 aliphatic rings. The monoisotopic (exact) mass is 321 g/mol. The minimum absolute atomic E-state index is 0.482. The van der Waals surface area contributed by atoms with E-state index in [1.54, 1.807) is 13.2 Å². The van der Waals surface area contributed by atoms with Crippen molar-refractivity contribution in [2.45, 2.75) is 12.1 Å². The Bertz CT molecular complexity index is 545. The largest absolute Gasteiger partial charge is 0.497 e. The van der Waals surface area contributed by atoms with Crippen molar-refractivity contribution in [3.63, 3.8) is 0 Å². The van der Waals surface area contributed by atoms with Gasteiger partial charge in [-0.1, -0.05) is 46.3 Å². The first-order chi connectivity index (χ1) is 9.13. The molecule has 2 aromatic carbocycles. The summed E-state index contributed by atoms with van der Waals surface area (Å²) < 4.78 is 5.98. The van der Waals surface area contributed by atoms with Gasteiger partial charge in [0.25, 0.3) is 0 Å². The van der Waals surface area contributed by atoms with Crippen LogP contribution in [0.2, 0.25) is 0 Å². The highest BCUT2D eigenvalue weighted by molar-refractivity contribution is 9.10. The van der Waals surface area contributed by atoms with Gasteiger partial charge in [0, 0.05) is 10.0 Å². The lowest BCUT2D eigenvalue weighted by atomic mass is 9.96. The minimum Gasteiger partial charge on any atom is -0.497 e. The van der Waals surface area contributed by atoms with E-state index in [1.165, 1.54) is 0 Å². The summed E-state index contributed by atoms with van der Waals surface area (Å²) in [5, 5.41) is 10.4. The molecule has 0 heterocycles. The summed E-state index contributed by atoms with van der Waals surface area (Å²) in [7, 11) is 1.59. The molecule has 0 saturated carbocycles. The molecule has 0 spiro atoms. The number of halogens is 1. The van der Waals surface area contributed by atoms with Crippen molar-refractivity contribution in [1.29, 1.82) is 0 Å². The third-order valence-electron chi connectivity index (χ3n) is 3.05. The first-order valence-electron chi connectivity index (χ1n) is 5.95. The van der Waals surface area contributed by atoms with Crippen LogP contribution in [0.5, 0.6) is 5.75 Å². The normalized spacial score (nSPS) is 13.9. The number of hydrogen-bond donors (Lipinski definition) is 2. The Kier molecular flexibility index (Phi) is 4.58. The molecule has 0 amide bonds. The Morgan fingerprint density at radius 3 is 2.47 bits per heavy atom. The van der Waals surface area contributed by atoms with Crippen LogP contribution in [0, 0.1) is 0 Å². The van der Waals surface area contributed by atoms with E-state index in [2.05, 4.69) is 15.9 Å². The summed E-state index contributed by atoms with van der Waals surface area (Å²) in [6.45, 7) is 0. The Morgan fingerprint density at radius 2 is 1.84 bits per heavy atom. The van der Waals surface area contributed by atoms with Gasteiger partial charge >= 0.3 is 0 Å². The van der Waals surface area contributed by atoms with Gasteiger partial charge < -0.3 is 15.6 Å². The van der Waals surface area contributed by atoms with E-state index in [-0.39, 0.29) is 0 Å². The molecule has 0 fully saturated rings. The molecule has 100 valence electrons. The van der Waals surface area contributed by atoms with E-state index >= 15 is 0 Å². The van der Waals surface area contributed by atoms with Crippen molar-refractivity contribution in [3.8, 4) is 5.75 Å². The summed E-state index contributed by atoms with van der Waals surface area (Å²) in [6, 6.07) is 14.5. The SMILES string of the molecule is COc1ccc(Br)c(C(O)C(N)c2ccccc2)c1. The summed E-state index contributed by atoms with van der Waals surface area (Å²) in [5.41, 5.74) is 7.73. The third-order valence-corrected chi connectivity index (χ3v) is 3.77. The number of rotatable bonds is 4. The number of nitrogens with two attached hydrogens (primary N) is 1. The number of benzene rings is 2. The minimum atomic E-state index is -0.799. The van der Waals surface area contributed by atoms with Gasteiger partial charge in [0.05, 0.1) is 19.3 Å². The number of aliphatic hydroxyl groups excluding tert-OH is 1. The van der Waals surface area contributed by atoms with Crippen LogP contribution in [-0.2, 0) is 0 Å². The quantitative estimate of drug-likeness (QED) is 0.909. The number of aliphatic hydroxyl groups is 1. The van der Waals surface area contributed by atoms with Crippen molar-refractivity contribution < 1.29 is 9.84 Å². The maximum atomic E-state index is 10.4. The fourth-order valence-electron chi connectivity index (χ4n) is 1.93. The van der Waals surface area contributed by atoms with Gasteiger partial charge in [-0.3, -0.25) is 0 Å². The average molecular weight is 322 g/mol. The Labute approximate surface area is 121 Å². The van der Waals surface area contributed by atoms with Gasteiger partial charge in [-0.15, -0.1) is 0 Å². The lowest BCUT2D eigenvalue weighted by molar-refractivity contribution is 0.146. The Balaban J connectivity index is 2.31. The molecular weight excluding hydrogens is 306 g/mol. The molecule has 2 unspecified atom stereocenters. The molecule has 4 heteroatoms. The zero-order valence-electron chi connectivity index (χ0n) is 10.6. The van der Waals surface area contributed by atoms with Crippen molar-refractivity contribution >= 4 is 15.9 Å². The van der Waals surface area contributed by atoms with Crippen molar-refractivity contribution in [1.82, 2.24) is 0 Å². The van der Waals surface area contributed by atoms with E-state index in [1.807, 2.05) is 42.5 Å². The fourth-order valence-corrected chi connectivity index (χ4v) is 2.41. The highest BCUT2D eigenvalue weighted by Crippen LogP contribution is 2.33. The van der Waals surface area contributed by atoms with Crippen molar-refractivity contribution in [3.05, 3.63) is 64.1 Å². The second kappa shape index (κ2) is 6.19. The van der Waals surface area contributed by atoms with Crippen molar-refractivity contribution in [2.75, 3.05) is 7.11 Å². The van der Waals surface area contributed by atoms with Crippen molar-refractivity contribution in [2.24, 2.45) is 5.73 Å². The second-order valence-corrected chi connectivity index (χ2v) is 5.12. The number of methoxy groups -OCH3 is 1. The lowest BCUT2D eigenvalue weighted by Gasteiger charge is -2.21. The number of hydrogen-bond acceptors (Lipinski definition) is 3. The van der Waals surface area contributed by atoms with Gasteiger partial charge in [0.15, 0.2) is 0 Å². The first-order valence-corrected chi connectivity index (χ1v) is 6.75. The third kappa shape index (κ3) is 3.15. The molecule has 2 rings (SSSR count). The van der Waals surface area contributed by atoms with Gasteiger partial charge in [-0.25, -0.2) is 0 Å². The molecule has 0 saturated heterocycles. The average Bonchev–Trinajstić information content (AvgIpc) is 2.47. The van der Waals surface area contributed by atoms with Crippen LogP contribution in [0.3, 0.4) is 0 Å². The molecule has 0 aliphatic heterocycles. The van der Waals surface area contributed by atoms with E-state index in [4.69, 9.17) is 10.5 Å². The zero-order chi connectivity index (χ0) is 13.8. The topological polar surface area (TPSA) is 55.5 Å². The summed E-state index contributed by atoms with van der Waals surface area (Å²) in [4.78, 5) is 0. The molecule has 0 bridgehead atoms. The predicted molar refractivity (Wildman–Crippen MR) is 79.0 cm³/mol. The second-order valence-electron chi connectivity index (χ2n) is 4.27. The molecule has 3 N–H and O–H groups in total. The Hall–Kier alpha value is -1.36. The van der Waals surface area contributed by atoms with E-state index in [9.17, 15) is 5.11 Å². The molecular formula is C15H16BrNO2. The predicted octanol–water partition coefficient (Wildman–Crippen LogP) is 3.19. The maximum Gasteiger partial charge on any atom is 0.119 e. The molecule has 2 aromatic rings. The highest BCUT2D eigenvalue weighted by Gasteiger charge is 2.21. The number of ether oxygens (including phenoxy) is 1. The van der Waals surface area contributed by atoms with Crippen LogP contribution in [0.4, 0.5) is 0 Å². The summed E-state index contributed by atoms with van der Waals surface area (Å²) in [6.07, 6.45) is -0.799. The zero-order valence-corrected chi connectivity index (χ0v) is 12.2. The molecule has 0 radical (unpaired) electrons. The lowest BCUT2D eigenvalue weighted by Crippen LogP contribution is -2.19. The molecule has 19 heavy (non-hydrogen) atoms. The van der Waals surface area contributed by atoms with Gasteiger partial charge in [-0.05, 0) is 23.8 Å². The van der Waals surface area contributed by atoms with Gasteiger partial charge in [-0.2, -0.15) is 0 Å². The van der Waals surface area contributed by atoms with Gasteiger partial charge in [0.2, 0.25) is 0 Å². The molecule has 0 aromatic heterocycles. The standard InChI is InChI=1S/C15H16BrNO2/c1-19-11-7-8-13(16)12(9-11)15(18)14(17)10-5-3-2-4-6-10/h2-9,14-15,18H,17H2,1H3. The van der Waals surface area contributed by atoms with Crippen LogP contribution in [-0.4, -0.2) is 12.2 Å². The van der Waals surface area contributed by atoms with Crippen LogP contribution in [0.25, 0.3) is 0 Å². The van der Waals surface area contributed by atoms with Crippen LogP contribution < -0.4 is 10.5 Å². The molecule has 0 aliphatic carbocycles. The fraction of sp³-hybridized carbons (Fsp3) is 0.200. The van der Waals surface area contributed by atoms with Crippen LogP contribution in [0.1, 0.15) is 23.3 Å². The van der Waals surface area contributed by atoms with E-state index < -0.39 is 12.1 Å². The van der Waals surface area contributed by atoms with E-state index in [0.29, 0.717) is 5.75 Å². The van der Waals surface area contributed by atoms with Crippen LogP contribution in [0.15, 0.2) is 53.0 Å². The molecule has 2 atom stereocenters. The first kappa shape index (κ1) is 14.1. The smallest absolute Gasteiger partial charge is 0.119 e. The molecule has 3 nitrogen and oxygen atoms in total.